The predicted octanol–water partition coefficient (Wildman–Crippen LogP) is 5.48. The monoisotopic (exact) mass is 310 g/mol. The molecule has 0 saturated carbocycles. The standard InChI is InChI=1S/C16H23BrO/c1-5-11-16(4,7-3)15-13(17)9-8-10-14(15)18-12-6-2/h6,8-10H,2,5,7,11-12H2,1,3-4H3. The van der Waals surface area contributed by atoms with Crippen molar-refractivity contribution in [2.75, 3.05) is 6.61 Å². The molecule has 0 aromatic heterocycles. The molecule has 0 spiro atoms. The molecule has 0 aliphatic carbocycles. The van der Waals surface area contributed by atoms with Crippen molar-refractivity contribution in [1.82, 2.24) is 0 Å². The minimum Gasteiger partial charge on any atom is -0.489 e. The van der Waals surface area contributed by atoms with E-state index in [-0.39, 0.29) is 5.41 Å². The quantitative estimate of drug-likeness (QED) is 0.606. The van der Waals surface area contributed by atoms with Crippen LogP contribution in [0.3, 0.4) is 0 Å². The van der Waals surface area contributed by atoms with Crippen LogP contribution in [0.4, 0.5) is 0 Å². The third-order valence-corrected chi connectivity index (χ3v) is 4.18. The number of benzene rings is 1. The lowest BCUT2D eigenvalue weighted by molar-refractivity contribution is 0.333. The van der Waals surface area contributed by atoms with E-state index in [0.717, 1.165) is 23.1 Å². The second-order valence-electron chi connectivity index (χ2n) is 4.88. The summed E-state index contributed by atoms with van der Waals surface area (Å²) in [6, 6.07) is 6.17. The van der Waals surface area contributed by atoms with Crippen molar-refractivity contribution in [3.8, 4) is 5.75 Å². The highest BCUT2D eigenvalue weighted by Gasteiger charge is 2.29. The van der Waals surface area contributed by atoms with Gasteiger partial charge in [0.25, 0.3) is 0 Å². The summed E-state index contributed by atoms with van der Waals surface area (Å²) in [4.78, 5) is 0. The summed E-state index contributed by atoms with van der Waals surface area (Å²) in [7, 11) is 0. The van der Waals surface area contributed by atoms with Crippen LogP contribution in [0.25, 0.3) is 0 Å². The average molecular weight is 311 g/mol. The first-order chi connectivity index (χ1) is 8.59. The Labute approximate surface area is 119 Å². The summed E-state index contributed by atoms with van der Waals surface area (Å²) < 4.78 is 6.95. The Morgan fingerprint density at radius 2 is 2.11 bits per heavy atom. The molecule has 1 atom stereocenters. The fourth-order valence-electron chi connectivity index (χ4n) is 2.39. The third kappa shape index (κ3) is 3.38. The van der Waals surface area contributed by atoms with Crippen LogP contribution < -0.4 is 4.74 Å². The van der Waals surface area contributed by atoms with E-state index in [9.17, 15) is 0 Å². The molecule has 1 unspecified atom stereocenters. The molecule has 18 heavy (non-hydrogen) atoms. The molecule has 0 aliphatic heterocycles. The zero-order chi connectivity index (χ0) is 13.6. The van der Waals surface area contributed by atoms with E-state index in [4.69, 9.17) is 4.74 Å². The molecule has 0 aliphatic rings. The Hall–Kier alpha value is -0.760. The molecule has 0 saturated heterocycles. The number of hydrogen-bond donors (Lipinski definition) is 0. The number of hydrogen-bond acceptors (Lipinski definition) is 1. The van der Waals surface area contributed by atoms with Crippen LogP contribution in [0.2, 0.25) is 0 Å². The number of halogens is 1. The molecule has 0 radical (unpaired) electrons. The second-order valence-corrected chi connectivity index (χ2v) is 5.73. The first-order valence-electron chi connectivity index (χ1n) is 6.61. The molecule has 2 heteroatoms. The largest absolute Gasteiger partial charge is 0.489 e. The highest BCUT2D eigenvalue weighted by atomic mass is 79.9. The predicted molar refractivity (Wildman–Crippen MR) is 82.4 cm³/mol. The van der Waals surface area contributed by atoms with Crippen molar-refractivity contribution in [2.24, 2.45) is 0 Å². The van der Waals surface area contributed by atoms with Crippen molar-refractivity contribution in [1.29, 1.82) is 0 Å². The summed E-state index contributed by atoms with van der Waals surface area (Å²) >= 11 is 3.68. The normalized spacial score (nSPS) is 14.0. The molecule has 100 valence electrons. The van der Waals surface area contributed by atoms with Crippen LogP contribution in [-0.2, 0) is 5.41 Å². The topological polar surface area (TPSA) is 9.23 Å². The summed E-state index contributed by atoms with van der Waals surface area (Å²) in [6.45, 7) is 11.1. The molecule has 0 N–H and O–H groups in total. The van der Waals surface area contributed by atoms with Gasteiger partial charge < -0.3 is 4.74 Å². The van der Waals surface area contributed by atoms with Gasteiger partial charge in [0.2, 0.25) is 0 Å². The van der Waals surface area contributed by atoms with Gasteiger partial charge in [-0.1, -0.05) is 61.8 Å². The van der Waals surface area contributed by atoms with Gasteiger partial charge in [-0.25, -0.2) is 0 Å². The molecule has 0 heterocycles. The lowest BCUT2D eigenvalue weighted by Gasteiger charge is -2.31. The smallest absolute Gasteiger partial charge is 0.124 e. The van der Waals surface area contributed by atoms with Gasteiger partial charge in [0.1, 0.15) is 12.4 Å². The van der Waals surface area contributed by atoms with E-state index >= 15 is 0 Å². The van der Waals surface area contributed by atoms with Crippen molar-refractivity contribution in [2.45, 2.75) is 45.4 Å². The Kier molecular flexibility index (Phi) is 5.94. The van der Waals surface area contributed by atoms with E-state index in [1.807, 2.05) is 12.1 Å². The lowest BCUT2D eigenvalue weighted by Crippen LogP contribution is -2.22. The van der Waals surface area contributed by atoms with Crippen LogP contribution in [0, 0.1) is 0 Å². The minimum absolute atomic E-state index is 0.158. The number of ether oxygens (including phenoxy) is 1. The van der Waals surface area contributed by atoms with E-state index in [0.29, 0.717) is 6.61 Å². The van der Waals surface area contributed by atoms with E-state index in [2.05, 4.69) is 49.3 Å². The highest BCUT2D eigenvalue weighted by Crippen LogP contribution is 2.42. The van der Waals surface area contributed by atoms with Crippen LogP contribution in [-0.4, -0.2) is 6.61 Å². The first-order valence-corrected chi connectivity index (χ1v) is 7.41. The Morgan fingerprint density at radius 3 is 2.67 bits per heavy atom. The molecule has 1 nitrogen and oxygen atoms in total. The molecule has 0 amide bonds. The SMILES string of the molecule is C=CCOc1cccc(Br)c1C(C)(CC)CCC. The maximum absolute atomic E-state index is 5.81. The Morgan fingerprint density at radius 1 is 1.39 bits per heavy atom. The van der Waals surface area contributed by atoms with Crippen molar-refractivity contribution in [3.63, 3.8) is 0 Å². The second kappa shape index (κ2) is 6.98. The third-order valence-electron chi connectivity index (χ3n) is 3.52. The summed E-state index contributed by atoms with van der Waals surface area (Å²) in [6.07, 6.45) is 5.23. The molecule has 1 aromatic carbocycles. The van der Waals surface area contributed by atoms with Gasteiger partial charge in [0, 0.05) is 10.0 Å². The van der Waals surface area contributed by atoms with Gasteiger partial charge >= 0.3 is 0 Å². The van der Waals surface area contributed by atoms with Crippen LogP contribution in [0.15, 0.2) is 35.3 Å². The molecule has 1 rings (SSSR count). The van der Waals surface area contributed by atoms with Crippen LogP contribution in [0.5, 0.6) is 5.75 Å². The van der Waals surface area contributed by atoms with Gasteiger partial charge in [-0.2, -0.15) is 0 Å². The fourth-order valence-corrected chi connectivity index (χ4v) is 3.22. The highest BCUT2D eigenvalue weighted by molar-refractivity contribution is 9.10. The van der Waals surface area contributed by atoms with Crippen LogP contribution in [0.1, 0.15) is 45.6 Å². The van der Waals surface area contributed by atoms with Crippen molar-refractivity contribution in [3.05, 3.63) is 40.9 Å². The minimum atomic E-state index is 0.158. The number of rotatable bonds is 7. The molecule has 1 aromatic rings. The van der Waals surface area contributed by atoms with Gasteiger partial charge in [0.15, 0.2) is 0 Å². The van der Waals surface area contributed by atoms with Gasteiger partial charge in [-0.05, 0) is 30.4 Å². The van der Waals surface area contributed by atoms with E-state index in [1.54, 1.807) is 6.08 Å². The fraction of sp³-hybridized carbons (Fsp3) is 0.500. The maximum Gasteiger partial charge on any atom is 0.124 e. The van der Waals surface area contributed by atoms with Gasteiger partial charge in [-0.3, -0.25) is 0 Å². The Bertz CT molecular complexity index is 400. The average Bonchev–Trinajstić information content (AvgIpc) is 2.36. The van der Waals surface area contributed by atoms with Crippen molar-refractivity contribution >= 4 is 15.9 Å². The maximum atomic E-state index is 5.81. The molecule has 0 fully saturated rings. The summed E-state index contributed by atoms with van der Waals surface area (Å²) in [5.74, 6) is 0.974. The van der Waals surface area contributed by atoms with E-state index < -0.39 is 0 Å². The van der Waals surface area contributed by atoms with Gasteiger partial charge in [-0.15, -0.1) is 0 Å². The van der Waals surface area contributed by atoms with Crippen molar-refractivity contribution < 1.29 is 4.74 Å². The molecular formula is C16H23BrO. The zero-order valence-corrected chi connectivity index (χ0v) is 13.2. The summed E-state index contributed by atoms with van der Waals surface area (Å²) in [5, 5.41) is 0. The summed E-state index contributed by atoms with van der Waals surface area (Å²) in [5.41, 5.74) is 1.45. The Balaban J connectivity index is 3.22. The molecular weight excluding hydrogens is 288 g/mol. The first kappa shape index (κ1) is 15.3. The molecule has 0 bridgehead atoms. The lowest BCUT2D eigenvalue weighted by atomic mass is 9.76. The van der Waals surface area contributed by atoms with Crippen LogP contribution >= 0.6 is 15.9 Å². The van der Waals surface area contributed by atoms with Gasteiger partial charge in [0.05, 0.1) is 0 Å². The van der Waals surface area contributed by atoms with E-state index in [1.165, 1.54) is 12.0 Å². The zero-order valence-electron chi connectivity index (χ0n) is 11.6.